The molecule has 1 aliphatic heterocycles. The Kier molecular flexibility index (Phi) is 3.00. The van der Waals surface area contributed by atoms with E-state index in [1.54, 1.807) is 0 Å². The molecule has 0 aliphatic carbocycles. The van der Waals surface area contributed by atoms with Gasteiger partial charge in [-0.05, 0) is 18.3 Å². The minimum absolute atomic E-state index is 0.0316. The molecule has 0 unspecified atom stereocenters. The van der Waals surface area contributed by atoms with Crippen molar-refractivity contribution in [2.75, 3.05) is 25.0 Å². The lowest BCUT2D eigenvalue weighted by molar-refractivity contribution is -0.380. The molecule has 1 aromatic heterocycles. The van der Waals surface area contributed by atoms with E-state index in [1.165, 1.54) is 6.20 Å². The average molecular weight is 241 g/mol. The number of hydrogen-bond acceptors (Lipinski definition) is 7. The normalized spacial score (nSPS) is 15.1. The summed E-state index contributed by atoms with van der Waals surface area (Å²) in [5.74, 6) is 0.742. The molecule has 0 fully saturated rings. The Bertz CT molecular complexity index is 430. The molecule has 0 atom stereocenters. The Morgan fingerprint density at radius 3 is 3.19 bits per heavy atom. The number of hydrogen-bond donors (Lipinski definition) is 1. The fourth-order valence-electron chi connectivity index (χ4n) is 1.41. The molecule has 7 nitrogen and oxygen atoms in total. The first-order valence-electron chi connectivity index (χ1n) is 4.87. The number of likely N-dealkylation sites (N-methyl/N-ethyl adjacent to an activating group) is 1. The third kappa shape index (κ3) is 2.11. The van der Waals surface area contributed by atoms with E-state index in [0.29, 0.717) is 5.13 Å². The lowest BCUT2D eigenvalue weighted by Gasteiger charge is -2.17. The van der Waals surface area contributed by atoms with Gasteiger partial charge in [-0.2, -0.15) is 0 Å². The van der Waals surface area contributed by atoms with Gasteiger partial charge in [0, 0.05) is 13.1 Å². The van der Waals surface area contributed by atoms with Gasteiger partial charge in [0.2, 0.25) is 0 Å². The van der Waals surface area contributed by atoms with E-state index in [-0.39, 0.29) is 5.00 Å². The van der Waals surface area contributed by atoms with Crippen LogP contribution in [0.3, 0.4) is 0 Å². The maximum absolute atomic E-state index is 10.5. The lowest BCUT2D eigenvalue weighted by atomic mass is 10.5. The summed E-state index contributed by atoms with van der Waals surface area (Å²) in [6.45, 7) is 4.53. The number of nitrogens with zero attached hydrogens (tertiary/aromatic N) is 4. The standard InChI is InChI=1S/C8H11N5O2S/c1-2-12-4-3-9-7(12)11-8-10-5-6(16-8)13(14)15/h5H,2-4H2,1H3,(H,9,10,11). The summed E-state index contributed by atoms with van der Waals surface area (Å²) in [7, 11) is 0. The zero-order chi connectivity index (χ0) is 11.5. The summed E-state index contributed by atoms with van der Waals surface area (Å²) in [5.41, 5.74) is 0. The van der Waals surface area contributed by atoms with E-state index in [2.05, 4.69) is 20.2 Å². The highest BCUT2D eigenvalue weighted by Gasteiger charge is 2.18. The molecule has 0 aromatic carbocycles. The predicted molar refractivity (Wildman–Crippen MR) is 61.9 cm³/mol. The molecule has 0 spiro atoms. The number of aromatic nitrogens is 1. The van der Waals surface area contributed by atoms with Crippen molar-refractivity contribution in [3.8, 4) is 0 Å². The largest absolute Gasteiger partial charge is 0.345 e. The van der Waals surface area contributed by atoms with Crippen molar-refractivity contribution in [2.24, 2.45) is 4.99 Å². The first-order valence-corrected chi connectivity index (χ1v) is 5.69. The highest BCUT2D eigenvalue weighted by molar-refractivity contribution is 7.18. The second-order valence-electron chi connectivity index (χ2n) is 3.17. The van der Waals surface area contributed by atoms with Gasteiger partial charge >= 0.3 is 5.00 Å². The Labute approximate surface area is 96.0 Å². The minimum Gasteiger partial charge on any atom is -0.341 e. The topological polar surface area (TPSA) is 83.7 Å². The van der Waals surface area contributed by atoms with Gasteiger partial charge in [-0.3, -0.25) is 15.1 Å². The monoisotopic (exact) mass is 241 g/mol. The fraction of sp³-hybridized carbons (Fsp3) is 0.500. The van der Waals surface area contributed by atoms with Crippen LogP contribution in [-0.2, 0) is 0 Å². The second kappa shape index (κ2) is 4.44. The van der Waals surface area contributed by atoms with Crippen LogP contribution in [0.4, 0.5) is 10.1 Å². The van der Waals surface area contributed by atoms with E-state index in [1.807, 2.05) is 6.92 Å². The second-order valence-corrected chi connectivity index (χ2v) is 4.18. The van der Waals surface area contributed by atoms with Gasteiger partial charge in [0.15, 0.2) is 11.1 Å². The Balaban J connectivity index is 2.06. The third-order valence-electron chi connectivity index (χ3n) is 2.20. The average Bonchev–Trinajstić information content (AvgIpc) is 2.87. The maximum Gasteiger partial charge on any atom is 0.345 e. The number of nitrogens with one attached hydrogen (secondary N) is 1. The van der Waals surface area contributed by atoms with E-state index in [4.69, 9.17) is 0 Å². The van der Waals surface area contributed by atoms with Crippen molar-refractivity contribution in [1.29, 1.82) is 0 Å². The lowest BCUT2D eigenvalue weighted by Crippen LogP contribution is -2.32. The number of nitro groups is 1. The summed E-state index contributed by atoms with van der Waals surface area (Å²) in [6.07, 6.45) is 1.25. The molecule has 0 amide bonds. The fourth-order valence-corrected chi connectivity index (χ4v) is 2.04. The van der Waals surface area contributed by atoms with Crippen molar-refractivity contribution in [3.63, 3.8) is 0 Å². The summed E-state index contributed by atoms with van der Waals surface area (Å²) in [4.78, 5) is 20.3. The van der Waals surface area contributed by atoms with Crippen molar-refractivity contribution in [1.82, 2.24) is 9.88 Å². The van der Waals surface area contributed by atoms with Crippen LogP contribution >= 0.6 is 11.3 Å². The van der Waals surface area contributed by atoms with Gasteiger partial charge in [0.25, 0.3) is 0 Å². The molecule has 1 aliphatic rings. The predicted octanol–water partition coefficient (Wildman–Crippen LogP) is 1.15. The molecular weight excluding hydrogens is 230 g/mol. The smallest absolute Gasteiger partial charge is 0.341 e. The van der Waals surface area contributed by atoms with Crippen LogP contribution in [0.1, 0.15) is 6.92 Å². The van der Waals surface area contributed by atoms with Gasteiger partial charge in [0.05, 0.1) is 11.5 Å². The number of thiazole rings is 1. The molecule has 2 heterocycles. The van der Waals surface area contributed by atoms with Crippen LogP contribution in [0, 0.1) is 10.1 Å². The van der Waals surface area contributed by atoms with Crippen molar-refractivity contribution < 1.29 is 4.92 Å². The van der Waals surface area contributed by atoms with E-state index in [9.17, 15) is 10.1 Å². The summed E-state index contributed by atoms with van der Waals surface area (Å²) >= 11 is 1.01. The van der Waals surface area contributed by atoms with Crippen molar-refractivity contribution >= 4 is 27.4 Å². The number of anilines is 1. The molecule has 1 aromatic rings. The molecule has 2 rings (SSSR count). The van der Waals surface area contributed by atoms with Crippen LogP contribution in [0.25, 0.3) is 0 Å². The summed E-state index contributed by atoms with van der Waals surface area (Å²) < 4.78 is 0. The zero-order valence-electron chi connectivity index (χ0n) is 8.71. The molecule has 0 saturated heterocycles. The van der Waals surface area contributed by atoms with Gasteiger partial charge in [-0.15, -0.1) is 0 Å². The highest BCUT2D eigenvalue weighted by atomic mass is 32.1. The molecular formula is C8H11N5O2S. The summed E-state index contributed by atoms with van der Waals surface area (Å²) in [5, 5.41) is 14.0. The molecule has 0 saturated carbocycles. The first-order chi connectivity index (χ1) is 7.70. The molecule has 1 N–H and O–H groups in total. The van der Waals surface area contributed by atoms with E-state index in [0.717, 1.165) is 36.9 Å². The van der Waals surface area contributed by atoms with Gasteiger partial charge in [0.1, 0.15) is 6.20 Å². The summed E-state index contributed by atoms with van der Waals surface area (Å²) in [6, 6.07) is 0. The van der Waals surface area contributed by atoms with Gasteiger partial charge in [-0.25, -0.2) is 4.98 Å². The molecule has 0 radical (unpaired) electrons. The highest BCUT2D eigenvalue weighted by Crippen LogP contribution is 2.25. The Morgan fingerprint density at radius 1 is 1.75 bits per heavy atom. The van der Waals surface area contributed by atoms with E-state index >= 15 is 0 Å². The van der Waals surface area contributed by atoms with Crippen LogP contribution in [0.15, 0.2) is 11.2 Å². The Hall–Kier alpha value is -1.70. The molecule has 0 bridgehead atoms. The SMILES string of the molecule is CCN1CCN=C1Nc1ncc([N+](=O)[O-])s1. The number of rotatable bonds is 3. The maximum atomic E-state index is 10.5. The van der Waals surface area contributed by atoms with Crippen molar-refractivity contribution in [3.05, 3.63) is 16.3 Å². The quantitative estimate of drug-likeness (QED) is 0.634. The van der Waals surface area contributed by atoms with Crippen LogP contribution in [0.2, 0.25) is 0 Å². The first kappa shape index (κ1) is 10.8. The molecule has 8 heteroatoms. The van der Waals surface area contributed by atoms with E-state index < -0.39 is 4.92 Å². The molecule has 16 heavy (non-hydrogen) atoms. The Morgan fingerprint density at radius 2 is 2.56 bits per heavy atom. The zero-order valence-corrected chi connectivity index (χ0v) is 9.53. The number of guanidine groups is 1. The van der Waals surface area contributed by atoms with Crippen LogP contribution in [-0.4, -0.2) is 40.4 Å². The third-order valence-corrected chi connectivity index (χ3v) is 3.07. The van der Waals surface area contributed by atoms with Gasteiger partial charge < -0.3 is 10.2 Å². The number of aliphatic imine (C=N–C) groups is 1. The van der Waals surface area contributed by atoms with Crippen molar-refractivity contribution in [2.45, 2.75) is 6.92 Å². The molecule has 86 valence electrons. The van der Waals surface area contributed by atoms with Gasteiger partial charge in [-0.1, -0.05) is 0 Å². The van der Waals surface area contributed by atoms with Crippen LogP contribution in [0.5, 0.6) is 0 Å². The minimum atomic E-state index is -0.448. The van der Waals surface area contributed by atoms with Crippen LogP contribution < -0.4 is 5.32 Å².